The summed E-state index contributed by atoms with van der Waals surface area (Å²) in [5, 5.41) is 3.13. The number of rotatable bonds is 8. The van der Waals surface area contributed by atoms with E-state index in [1.807, 2.05) is 43.3 Å². The van der Waals surface area contributed by atoms with Crippen molar-refractivity contribution >= 4 is 33.4 Å². The average molecular weight is 443 g/mol. The first-order valence-electron chi connectivity index (χ1n) is 9.23. The highest BCUT2D eigenvalue weighted by Crippen LogP contribution is 2.23. The van der Waals surface area contributed by atoms with Crippen LogP contribution in [0.15, 0.2) is 76.9 Å². The van der Waals surface area contributed by atoms with Gasteiger partial charge in [-0.25, -0.2) is 23.1 Å². The van der Waals surface area contributed by atoms with E-state index in [1.54, 1.807) is 19.1 Å². The number of aromatic nitrogens is 2. The van der Waals surface area contributed by atoms with Crippen LogP contribution in [-0.2, 0) is 21.4 Å². The van der Waals surface area contributed by atoms with Crippen LogP contribution in [-0.4, -0.2) is 29.5 Å². The number of hydrogen-bond donors (Lipinski definition) is 2. The molecule has 2 N–H and O–H groups in total. The molecule has 3 rings (SSSR count). The maximum Gasteiger partial charge on any atom is 0.240 e. The zero-order valence-electron chi connectivity index (χ0n) is 16.6. The number of hydrogen-bond acceptors (Lipinski definition) is 6. The SMILES string of the molecule is Cc1cc(SC(C)C(=O)Nc2ccc(S(=O)(=O)NCc3ccccc3)cc2)ncn1. The molecule has 0 aliphatic rings. The van der Waals surface area contributed by atoms with Gasteiger partial charge in [-0.3, -0.25) is 4.79 Å². The Morgan fingerprint density at radius 3 is 2.43 bits per heavy atom. The number of amides is 1. The summed E-state index contributed by atoms with van der Waals surface area (Å²) in [6.07, 6.45) is 1.47. The van der Waals surface area contributed by atoms with E-state index in [2.05, 4.69) is 20.0 Å². The van der Waals surface area contributed by atoms with Crippen LogP contribution >= 0.6 is 11.8 Å². The summed E-state index contributed by atoms with van der Waals surface area (Å²) in [5.74, 6) is -0.200. The highest BCUT2D eigenvalue weighted by Gasteiger charge is 2.17. The summed E-state index contributed by atoms with van der Waals surface area (Å²) in [4.78, 5) is 20.8. The molecule has 0 saturated heterocycles. The van der Waals surface area contributed by atoms with Crippen LogP contribution in [0.25, 0.3) is 0 Å². The lowest BCUT2D eigenvalue weighted by Crippen LogP contribution is -2.24. The number of anilines is 1. The van der Waals surface area contributed by atoms with E-state index in [0.29, 0.717) is 5.69 Å². The van der Waals surface area contributed by atoms with Crippen LogP contribution in [0.3, 0.4) is 0 Å². The smallest absolute Gasteiger partial charge is 0.240 e. The van der Waals surface area contributed by atoms with E-state index >= 15 is 0 Å². The van der Waals surface area contributed by atoms with Gasteiger partial charge in [0.2, 0.25) is 15.9 Å². The Kier molecular flexibility index (Phi) is 7.20. The summed E-state index contributed by atoms with van der Waals surface area (Å²) in [6, 6.07) is 17.2. The van der Waals surface area contributed by atoms with E-state index in [-0.39, 0.29) is 22.6 Å². The summed E-state index contributed by atoms with van der Waals surface area (Å²) < 4.78 is 27.5. The van der Waals surface area contributed by atoms with Gasteiger partial charge >= 0.3 is 0 Å². The molecule has 0 radical (unpaired) electrons. The summed E-state index contributed by atoms with van der Waals surface area (Å²) >= 11 is 1.33. The van der Waals surface area contributed by atoms with Gasteiger partial charge in [-0.1, -0.05) is 42.1 Å². The highest BCUT2D eigenvalue weighted by atomic mass is 32.2. The molecule has 1 aromatic heterocycles. The minimum absolute atomic E-state index is 0.135. The lowest BCUT2D eigenvalue weighted by molar-refractivity contribution is -0.115. The molecule has 3 aromatic rings. The Bertz CT molecular complexity index is 1100. The molecule has 0 aliphatic heterocycles. The Morgan fingerprint density at radius 2 is 1.77 bits per heavy atom. The molecule has 0 fully saturated rings. The molecule has 0 aliphatic carbocycles. The van der Waals surface area contributed by atoms with Crippen LogP contribution in [0.4, 0.5) is 5.69 Å². The van der Waals surface area contributed by atoms with Crippen LogP contribution in [0, 0.1) is 6.92 Å². The minimum atomic E-state index is -3.65. The van der Waals surface area contributed by atoms with Gasteiger partial charge < -0.3 is 5.32 Å². The topological polar surface area (TPSA) is 101 Å². The van der Waals surface area contributed by atoms with Gasteiger partial charge in [0.1, 0.15) is 11.4 Å². The van der Waals surface area contributed by atoms with Gasteiger partial charge in [0.15, 0.2) is 0 Å². The van der Waals surface area contributed by atoms with Gasteiger partial charge in [0.25, 0.3) is 0 Å². The van der Waals surface area contributed by atoms with Crippen LogP contribution in [0.2, 0.25) is 0 Å². The number of thioether (sulfide) groups is 1. The van der Waals surface area contributed by atoms with Crippen LogP contribution in [0.1, 0.15) is 18.2 Å². The predicted octanol–water partition coefficient (Wildman–Crippen LogP) is 3.38. The zero-order chi connectivity index (χ0) is 21.6. The second-order valence-corrected chi connectivity index (χ2v) is 9.71. The van der Waals surface area contributed by atoms with Crippen molar-refractivity contribution in [2.75, 3.05) is 5.32 Å². The number of carbonyl (C=O) groups excluding carboxylic acids is 1. The van der Waals surface area contributed by atoms with Crippen molar-refractivity contribution in [3.05, 3.63) is 78.2 Å². The standard InChI is InChI=1S/C21H22N4O3S2/c1-15-12-20(23-14-22-15)29-16(2)21(26)25-18-8-10-19(11-9-18)30(27,28)24-13-17-6-4-3-5-7-17/h3-12,14,16,24H,13H2,1-2H3,(H,25,26). The van der Waals surface area contributed by atoms with Gasteiger partial charge in [0, 0.05) is 17.9 Å². The Hall–Kier alpha value is -2.75. The number of benzene rings is 2. The van der Waals surface area contributed by atoms with Crippen molar-refractivity contribution in [1.82, 2.24) is 14.7 Å². The third-order valence-electron chi connectivity index (χ3n) is 4.19. The fraction of sp³-hybridized carbons (Fsp3) is 0.190. The molecule has 0 saturated carbocycles. The van der Waals surface area contributed by atoms with Gasteiger partial charge in [0.05, 0.1) is 10.1 Å². The molecular weight excluding hydrogens is 420 g/mol. The van der Waals surface area contributed by atoms with Gasteiger partial charge in [-0.2, -0.15) is 0 Å². The summed E-state index contributed by atoms with van der Waals surface area (Å²) in [6.45, 7) is 3.85. The number of nitrogens with zero attached hydrogens (tertiary/aromatic N) is 2. The molecule has 1 heterocycles. The fourth-order valence-electron chi connectivity index (χ4n) is 2.55. The second kappa shape index (κ2) is 9.84. The summed E-state index contributed by atoms with van der Waals surface area (Å²) in [5.41, 5.74) is 2.22. The van der Waals surface area contributed by atoms with Gasteiger partial charge in [-0.05, 0) is 49.7 Å². The average Bonchev–Trinajstić information content (AvgIpc) is 2.73. The third kappa shape index (κ3) is 6.12. The molecular formula is C21H22N4O3S2. The van der Waals surface area contributed by atoms with Crippen molar-refractivity contribution in [2.24, 2.45) is 0 Å². The van der Waals surface area contributed by atoms with Crippen molar-refractivity contribution in [3.63, 3.8) is 0 Å². The number of aryl methyl sites for hydroxylation is 1. The lowest BCUT2D eigenvalue weighted by Gasteiger charge is -2.12. The zero-order valence-corrected chi connectivity index (χ0v) is 18.2. The lowest BCUT2D eigenvalue weighted by atomic mass is 10.2. The van der Waals surface area contributed by atoms with E-state index in [1.165, 1.54) is 30.2 Å². The molecule has 1 atom stereocenters. The van der Waals surface area contributed by atoms with Crippen LogP contribution in [0.5, 0.6) is 0 Å². The molecule has 0 spiro atoms. The van der Waals surface area contributed by atoms with E-state index in [9.17, 15) is 13.2 Å². The summed E-state index contributed by atoms with van der Waals surface area (Å²) in [7, 11) is -3.65. The molecule has 7 nitrogen and oxygen atoms in total. The second-order valence-electron chi connectivity index (χ2n) is 6.58. The molecule has 1 unspecified atom stereocenters. The molecule has 156 valence electrons. The highest BCUT2D eigenvalue weighted by molar-refractivity contribution is 8.00. The third-order valence-corrected chi connectivity index (χ3v) is 6.64. The first-order chi connectivity index (χ1) is 14.3. The maximum atomic E-state index is 12.5. The monoisotopic (exact) mass is 442 g/mol. The van der Waals surface area contributed by atoms with Crippen molar-refractivity contribution in [2.45, 2.75) is 35.6 Å². The van der Waals surface area contributed by atoms with E-state index < -0.39 is 10.0 Å². The van der Waals surface area contributed by atoms with Crippen molar-refractivity contribution < 1.29 is 13.2 Å². The Balaban J connectivity index is 1.58. The van der Waals surface area contributed by atoms with Crippen molar-refractivity contribution in [3.8, 4) is 0 Å². The van der Waals surface area contributed by atoms with E-state index in [0.717, 1.165) is 16.3 Å². The molecule has 1 amide bonds. The molecule has 0 bridgehead atoms. The Labute approximate surface area is 180 Å². The molecule has 9 heteroatoms. The van der Waals surface area contributed by atoms with E-state index in [4.69, 9.17) is 0 Å². The van der Waals surface area contributed by atoms with Gasteiger partial charge in [-0.15, -0.1) is 0 Å². The first kappa shape index (κ1) is 21.9. The fourth-order valence-corrected chi connectivity index (χ4v) is 4.44. The predicted molar refractivity (Wildman–Crippen MR) is 118 cm³/mol. The number of sulfonamides is 1. The Morgan fingerprint density at radius 1 is 1.07 bits per heavy atom. The normalized spacial score (nSPS) is 12.3. The maximum absolute atomic E-state index is 12.5. The molecule has 30 heavy (non-hydrogen) atoms. The first-order valence-corrected chi connectivity index (χ1v) is 11.6. The quantitative estimate of drug-likeness (QED) is 0.410. The minimum Gasteiger partial charge on any atom is -0.325 e. The molecule has 2 aromatic carbocycles. The van der Waals surface area contributed by atoms with Crippen molar-refractivity contribution in [1.29, 1.82) is 0 Å². The number of nitrogens with one attached hydrogen (secondary N) is 2. The largest absolute Gasteiger partial charge is 0.325 e. The van der Waals surface area contributed by atoms with Crippen LogP contribution < -0.4 is 10.0 Å². The number of carbonyl (C=O) groups is 1.